The van der Waals surface area contributed by atoms with Crippen LogP contribution in [0.5, 0.6) is 0 Å². The van der Waals surface area contributed by atoms with Crippen molar-refractivity contribution in [3.8, 4) is 0 Å². The maximum Gasteiger partial charge on any atom is 0.350 e. The average molecular weight is 294 g/mol. The second-order valence-corrected chi connectivity index (χ2v) is 4.76. The van der Waals surface area contributed by atoms with Crippen LogP contribution in [0.3, 0.4) is 0 Å². The fourth-order valence-electron chi connectivity index (χ4n) is 1.45. The second-order valence-electron chi connectivity index (χ2n) is 3.84. The van der Waals surface area contributed by atoms with E-state index in [9.17, 15) is 14.0 Å². The number of carbonyl (C=O) groups is 2. The van der Waals surface area contributed by atoms with Crippen molar-refractivity contribution in [2.24, 2.45) is 0 Å². The SMILES string of the molecule is Nc1ccsc1C(=O)OCC(=O)Nc1cccc(F)c1. The third-order valence-corrected chi connectivity index (χ3v) is 3.23. The van der Waals surface area contributed by atoms with Gasteiger partial charge >= 0.3 is 5.97 Å². The lowest BCUT2D eigenvalue weighted by molar-refractivity contribution is -0.119. The predicted molar refractivity (Wildman–Crippen MR) is 74.0 cm³/mol. The Morgan fingerprint density at radius 2 is 2.15 bits per heavy atom. The summed E-state index contributed by atoms with van der Waals surface area (Å²) < 4.78 is 17.7. The maximum absolute atomic E-state index is 12.9. The Morgan fingerprint density at radius 1 is 1.35 bits per heavy atom. The average Bonchev–Trinajstić information content (AvgIpc) is 2.82. The molecule has 0 spiro atoms. The van der Waals surface area contributed by atoms with Gasteiger partial charge in [0, 0.05) is 5.69 Å². The lowest BCUT2D eigenvalue weighted by Crippen LogP contribution is -2.20. The van der Waals surface area contributed by atoms with Crippen LogP contribution in [-0.2, 0) is 9.53 Å². The number of rotatable bonds is 4. The van der Waals surface area contributed by atoms with Gasteiger partial charge in [-0.2, -0.15) is 0 Å². The molecule has 2 aromatic rings. The van der Waals surface area contributed by atoms with Gasteiger partial charge < -0.3 is 15.8 Å². The number of halogens is 1. The number of carbonyl (C=O) groups excluding carboxylic acids is 2. The van der Waals surface area contributed by atoms with Crippen LogP contribution in [-0.4, -0.2) is 18.5 Å². The number of nitrogen functional groups attached to an aromatic ring is 1. The number of hydrogen-bond acceptors (Lipinski definition) is 5. The van der Waals surface area contributed by atoms with Gasteiger partial charge in [0.1, 0.15) is 10.7 Å². The molecule has 3 N–H and O–H groups in total. The molecule has 104 valence electrons. The van der Waals surface area contributed by atoms with E-state index < -0.39 is 24.3 Å². The van der Waals surface area contributed by atoms with Gasteiger partial charge in [0.2, 0.25) is 0 Å². The maximum atomic E-state index is 12.9. The molecule has 0 saturated heterocycles. The lowest BCUT2D eigenvalue weighted by atomic mass is 10.3. The summed E-state index contributed by atoms with van der Waals surface area (Å²) in [7, 11) is 0. The number of benzene rings is 1. The predicted octanol–water partition coefficient (Wildman–Crippen LogP) is 2.26. The molecule has 0 saturated carbocycles. The Bertz CT molecular complexity index is 642. The van der Waals surface area contributed by atoms with Gasteiger partial charge in [-0.3, -0.25) is 4.79 Å². The summed E-state index contributed by atoms with van der Waals surface area (Å²) in [5, 5.41) is 4.07. The van der Waals surface area contributed by atoms with Crippen LogP contribution in [0.4, 0.5) is 15.8 Å². The van der Waals surface area contributed by atoms with Crippen molar-refractivity contribution in [2.75, 3.05) is 17.7 Å². The van der Waals surface area contributed by atoms with Crippen LogP contribution < -0.4 is 11.1 Å². The molecule has 0 aliphatic heterocycles. The Hall–Kier alpha value is -2.41. The fraction of sp³-hybridized carbons (Fsp3) is 0.0769. The molecule has 0 unspecified atom stereocenters. The smallest absolute Gasteiger partial charge is 0.350 e. The molecule has 0 atom stereocenters. The molecule has 0 fully saturated rings. The van der Waals surface area contributed by atoms with Crippen LogP contribution in [0.15, 0.2) is 35.7 Å². The highest BCUT2D eigenvalue weighted by molar-refractivity contribution is 7.12. The molecule has 1 aromatic heterocycles. The van der Waals surface area contributed by atoms with E-state index in [4.69, 9.17) is 10.5 Å². The quantitative estimate of drug-likeness (QED) is 0.847. The zero-order valence-electron chi connectivity index (χ0n) is 10.3. The molecule has 0 bridgehead atoms. The zero-order valence-corrected chi connectivity index (χ0v) is 11.1. The highest BCUT2D eigenvalue weighted by Gasteiger charge is 2.14. The molecule has 0 aliphatic carbocycles. The summed E-state index contributed by atoms with van der Waals surface area (Å²) >= 11 is 1.13. The highest BCUT2D eigenvalue weighted by atomic mass is 32.1. The van der Waals surface area contributed by atoms with Gasteiger partial charge in [-0.05, 0) is 29.6 Å². The minimum atomic E-state index is -0.660. The molecule has 20 heavy (non-hydrogen) atoms. The van der Waals surface area contributed by atoms with E-state index in [1.807, 2.05) is 0 Å². The lowest BCUT2D eigenvalue weighted by Gasteiger charge is -2.06. The van der Waals surface area contributed by atoms with E-state index in [-0.39, 0.29) is 4.88 Å². The summed E-state index contributed by atoms with van der Waals surface area (Å²) in [6.45, 7) is -0.466. The highest BCUT2D eigenvalue weighted by Crippen LogP contribution is 2.19. The first-order valence-corrected chi connectivity index (χ1v) is 6.50. The molecular weight excluding hydrogens is 283 g/mol. The Labute approximate surface area is 118 Å². The van der Waals surface area contributed by atoms with E-state index in [2.05, 4.69) is 5.32 Å². The number of thiophene rings is 1. The van der Waals surface area contributed by atoms with Crippen molar-refractivity contribution in [1.29, 1.82) is 0 Å². The van der Waals surface area contributed by atoms with E-state index in [0.717, 1.165) is 17.4 Å². The standard InChI is InChI=1S/C13H11FN2O3S/c14-8-2-1-3-9(6-8)16-11(17)7-19-13(18)12-10(15)4-5-20-12/h1-6H,7,15H2,(H,16,17). The molecule has 5 nitrogen and oxygen atoms in total. The molecule has 7 heteroatoms. The minimum absolute atomic E-state index is 0.253. The van der Waals surface area contributed by atoms with Gasteiger partial charge in [0.25, 0.3) is 5.91 Å². The summed E-state index contributed by atoms with van der Waals surface area (Å²) in [5.74, 6) is -1.68. The summed E-state index contributed by atoms with van der Waals surface area (Å²) in [6.07, 6.45) is 0. The van der Waals surface area contributed by atoms with Crippen molar-refractivity contribution < 1.29 is 18.7 Å². The van der Waals surface area contributed by atoms with E-state index in [0.29, 0.717) is 11.4 Å². The largest absolute Gasteiger partial charge is 0.451 e. The number of anilines is 2. The minimum Gasteiger partial charge on any atom is -0.451 e. The van der Waals surface area contributed by atoms with Gasteiger partial charge in [-0.25, -0.2) is 9.18 Å². The number of esters is 1. The van der Waals surface area contributed by atoms with E-state index >= 15 is 0 Å². The van der Waals surface area contributed by atoms with E-state index in [1.54, 1.807) is 11.4 Å². The normalized spacial score (nSPS) is 10.1. The molecule has 0 radical (unpaired) electrons. The van der Waals surface area contributed by atoms with Crippen molar-refractivity contribution in [3.05, 3.63) is 46.4 Å². The van der Waals surface area contributed by atoms with Crippen LogP contribution in [0.2, 0.25) is 0 Å². The van der Waals surface area contributed by atoms with Gasteiger partial charge in [-0.15, -0.1) is 11.3 Å². The molecule has 1 heterocycles. The monoisotopic (exact) mass is 294 g/mol. The molecule has 1 amide bonds. The molecular formula is C13H11FN2O3S. The molecule has 2 rings (SSSR count). The fourth-order valence-corrected chi connectivity index (χ4v) is 2.16. The van der Waals surface area contributed by atoms with Gasteiger partial charge in [-0.1, -0.05) is 6.07 Å². The first-order valence-electron chi connectivity index (χ1n) is 5.62. The number of nitrogens with one attached hydrogen (secondary N) is 1. The van der Waals surface area contributed by atoms with Crippen molar-refractivity contribution in [2.45, 2.75) is 0 Å². The summed E-state index contributed by atoms with van der Waals surface area (Å²) in [4.78, 5) is 23.4. The first kappa shape index (κ1) is 14.0. The molecule has 0 aliphatic rings. The third kappa shape index (κ3) is 3.55. The van der Waals surface area contributed by atoms with E-state index in [1.165, 1.54) is 18.2 Å². The van der Waals surface area contributed by atoms with Gasteiger partial charge in [0.15, 0.2) is 6.61 Å². The van der Waals surface area contributed by atoms with Crippen molar-refractivity contribution in [1.82, 2.24) is 0 Å². The Kier molecular flexibility index (Phi) is 4.31. The molecule has 1 aromatic carbocycles. The first-order chi connectivity index (χ1) is 9.56. The number of ether oxygens (including phenoxy) is 1. The van der Waals surface area contributed by atoms with Gasteiger partial charge in [0.05, 0.1) is 5.69 Å². The zero-order chi connectivity index (χ0) is 14.5. The Morgan fingerprint density at radius 3 is 2.80 bits per heavy atom. The van der Waals surface area contributed by atoms with Crippen molar-refractivity contribution >= 4 is 34.6 Å². The summed E-state index contributed by atoms with van der Waals surface area (Å²) in [5.41, 5.74) is 6.16. The number of hydrogen-bond donors (Lipinski definition) is 2. The Balaban J connectivity index is 1.87. The second kappa shape index (κ2) is 6.16. The van der Waals surface area contributed by atoms with Crippen LogP contribution in [0.25, 0.3) is 0 Å². The third-order valence-electron chi connectivity index (χ3n) is 2.32. The summed E-state index contributed by atoms with van der Waals surface area (Å²) in [6, 6.07) is 6.99. The van der Waals surface area contributed by atoms with Crippen molar-refractivity contribution in [3.63, 3.8) is 0 Å². The topological polar surface area (TPSA) is 81.4 Å². The van der Waals surface area contributed by atoms with Crippen LogP contribution in [0, 0.1) is 5.82 Å². The number of amides is 1. The number of nitrogens with two attached hydrogens (primary N) is 1. The van der Waals surface area contributed by atoms with Crippen LogP contribution in [0.1, 0.15) is 9.67 Å². The van der Waals surface area contributed by atoms with Crippen LogP contribution >= 0.6 is 11.3 Å².